The lowest BCUT2D eigenvalue weighted by molar-refractivity contribution is 0.0983. The fourth-order valence-corrected chi connectivity index (χ4v) is 2.12. The summed E-state index contributed by atoms with van der Waals surface area (Å²) >= 11 is 0. The molecular formula is C9H15N3O3S. The van der Waals surface area contributed by atoms with E-state index in [4.69, 9.17) is 5.73 Å². The second-order valence-electron chi connectivity index (χ2n) is 3.46. The number of H-pyrrole nitrogens is 1. The number of ketones is 1. The average molecular weight is 245 g/mol. The van der Waals surface area contributed by atoms with Crippen molar-refractivity contribution < 1.29 is 13.2 Å². The molecule has 0 amide bonds. The summed E-state index contributed by atoms with van der Waals surface area (Å²) in [6.45, 7) is 1.59. The van der Waals surface area contributed by atoms with Gasteiger partial charge in [-0.05, 0) is 6.42 Å². The minimum atomic E-state index is -3.00. The number of sulfone groups is 1. The molecule has 0 aliphatic heterocycles. The van der Waals surface area contributed by atoms with E-state index >= 15 is 0 Å². The molecule has 0 spiro atoms. The van der Waals surface area contributed by atoms with Crippen LogP contribution in [-0.4, -0.2) is 35.9 Å². The Bertz CT molecular complexity index is 464. The zero-order valence-electron chi connectivity index (χ0n) is 9.06. The number of nitrogen functional groups attached to an aromatic ring is 1. The minimum absolute atomic E-state index is 0.0347. The number of Topliss-reactive ketones (excluding diaryl/α,β-unsaturated/α-hetero) is 1. The average Bonchev–Trinajstić information content (AvgIpc) is 2.64. The van der Waals surface area contributed by atoms with E-state index in [0.29, 0.717) is 12.0 Å². The van der Waals surface area contributed by atoms with Gasteiger partial charge in [0.15, 0.2) is 5.78 Å². The number of nitrogens with two attached hydrogens (primary N) is 1. The van der Waals surface area contributed by atoms with Crippen molar-refractivity contribution in [3.63, 3.8) is 0 Å². The predicted octanol–water partition coefficient (Wildman–Crippen LogP) is 0.390. The van der Waals surface area contributed by atoms with E-state index in [1.807, 2.05) is 0 Å². The lowest BCUT2D eigenvalue weighted by atomic mass is 10.1. The smallest absolute Gasteiger partial charge is 0.168 e. The van der Waals surface area contributed by atoms with Crippen LogP contribution in [0.4, 0.5) is 5.82 Å². The molecule has 0 fully saturated rings. The van der Waals surface area contributed by atoms with Gasteiger partial charge in [-0.3, -0.25) is 9.89 Å². The van der Waals surface area contributed by atoms with E-state index in [9.17, 15) is 13.2 Å². The van der Waals surface area contributed by atoms with Crippen LogP contribution >= 0.6 is 0 Å². The number of carbonyl (C=O) groups is 1. The van der Waals surface area contributed by atoms with Gasteiger partial charge in [0.05, 0.1) is 17.5 Å². The Kier molecular flexibility index (Phi) is 4.05. The molecule has 0 bridgehead atoms. The van der Waals surface area contributed by atoms with Gasteiger partial charge >= 0.3 is 0 Å². The van der Waals surface area contributed by atoms with E-state index in [0.717, 1.165) is 0 Å². The van der Waals surface area contributed by atoms with Gasteiger partial charge in [-0.15, -0.1) is 0 Å². The summed E-state index contributed by atoms with van der Waals surface area (Å²) in [5, 5.41) is 6.08. The second-order valence-corrected chi connectivity index (χ2v) is 5.93. The third-order valence-corrected chi connectivity index (χ3v) is 4.06. The van der Waals surface area contributed by atoms with Crippen LogP contribution in [0.1, 0.15) is 30.1 Å². The van der Waals surface area contributed by atoms with Gasteiger partial charge in [0.25, 0.3) is 0 Å². The molecule has 1 aromatic heterocycles. The van der Waals surface area contributed by atoms with E-state index in [-0.39, 0.29) is 29.5 Å². The Labute approximate surface area is 94.1 Å². The zero-order valence-corrected chi connectivity index (χ0v) is 9.88. The van der Waals surface area contributed by atoms with Crippen LogP contribution in [0.15, 0.2) is 6.20 Å². The molecule has 3 N–H and O–H groups in total. The van der Waals surface area contributed by atoms with Crippen molar-refractivity contribution >= 4 is 21.4 Å². The molecule has 0 saturated heterocycles. The third-order valence-electron chi connectivity index (χ3n) is 2.27. The van der Waals surface area contributed by atoms with Gasteiger partial charge in [-0.1, -0.05) is 6.92 Å². The molecular weight excluding hydrogens is 230 g/mol. The molecule has 6 nitrogen and oxygen atoms in total. The van der Waals surface area contributed by atoms with E-state index in [2.05, 4.69) is 10.2 Å². The predicted molar refractivity (Wildman–Crippen MR) is 60.9 cm³/mol. The number of carbonyl (C=O) groups excluding carboxylic acids is 1. The highest BCUT2D eigenvalue weighted by Gasteiger charge is 2.13. The van der Waals surface area contributed by atoms with Crippen molar-refractivity contribution in [2.75, 3.05) is 17.2 Å². The largest absolute Gasteiger partial charge is 0.383 e. The lowest BCUT2D eigenvalue weighted by Gasteiger charge is -2.00. The first-order valence-electron chi connectivity index (χ1n) is 4.98. The maximum absolute atomic E-state index is 11.6. The van der Waals surface area contributed by atoms with E-state index < -0.39 is 9.84 Å². The van der Waals surface area contributed by atoms with Crippen molar-refractivity contribution in [2.24, 2.45) is 0 Å². The van der Waals surface area contributed by atoms with Gasteiger partial charge in [-0.25, -0.2) is 8.42 Å². The molecule has 0 aliphatic rings. The summed E-state index contributed by atoms with van der Waals surface area (Å²) in [4.78, 5) is 11.6. The molecule has 16 heavy (non-hydrogen) atoms. The SMILES string of the molecule is CCS(=O)(=O)CCCC(=O)c1cn[nH]c1N. The summed E-state index contributed by atoms with van der Waals surface area (Å²) in [5.41, 5.74) is 5.80. The quantitative estimate of drug-likeness (QED) is 0.705. The van der Waals surface area contributed by atoms with Gasteiger partial charge < -0.3 is 5.73 Å². The van der Waals surface area contributed by atoms with Crippen LogP contribution in [-0.2, 0) is 9.84 Å². The fourth-order valence-electron chi connectivity index (χ4n) is 1.25. The molecule has 90 valence electrons. The molecule has 1 heterocycles. The first-order chi connectivity index (χ1) is 7.46. The number of hydrogen-bond donors (Lipinski definition) is 2. The standard InChI is InChI=1S/C9H15N3O3S/c1-2-16(14,15)5-3-4-8(13)7-6-11-12-9(7)10/h6H,2-5H2,1H3,(H3,10,11,12). The molecule has 7 heteroatoms. The van der Waals surface area contributed by atoms with Crippen LogP contribution in [0.5, 0.6) is 0 Å². The van der Waals surface area contributed by atoms with Crippen molar-refractivity contribution in [2.45, 2.75) is 19.8 Å². The first-order valence-corrected chi connectivity index (χ1v) is 6.81. The molecule has 0 aliphatic carbocycles. The summed E-state index contributed by atoms with van der Waals surface area (Å²) in [5.74, 6) is 0.183. The monoisotopic (exact) mass is 245 g/mol. The van der Waals surface area contributed by atoms with Gasteiger partial charge in [0.2, 0.25) is 0 Å². The summed E-state index contributed by atoms with van der Waals surface area (Å²) in [7, 11) is -3.00. The molecule has 0 saturated carbocycles. The fraction of sp³-hybridized carbons (Fsp3) is 0.556. The zero-order chi connectivity index (χ0) is 12.2. The van der Waals surface area contributed by atoms with E-state index in [1.165, 1.54) is 6.20 Å². The minimum Gasteiger partial charge on any atom is -0.383 e. The highest BCUT2D eigenvalue weighted by atomic mass is 32.2. The number of aromatic amines is 1. The van der Waals surface area contributed by atoms with Crippen LogP contribution in [0.2, 0.25) is 0 Å². The second kappa shape index (κ2) is 5.11. The van der Waals surface area contributed by atoms with Crippen molar-refractivity contribution in [3.05, 3.63) is 11.8 Å². The van der Waals surface area contributed by atoms with Gasteiger partial charge in [0, 0.05) is 12.2 Å². The highest BCUT2D eigenvalue weighted by Crippen LogP contribution is 2.11. The number of nitrogens with zero attached hydrogens (tertiary/aromatic N) is 1. The summed E-state index contributed by atoms with van der Waals surface area (Å²) in [6, 6.07) is 0. The Morgan fingerprint density at radius 1 is 1.56 bits per heavy atom. The Balaban J connectivity index is 2.46. The van der Waals surface area contributed by atoms with Gasteiger partial charge in [-0.2, -0.15) is 5.10 Å². The maximum atomic E-state index is 11.6. The van der Waals surface area contributed by atoms with Crippen LogP contribution < -0.4 is 5.73 Å². The van der Waals surface area contributed by atoms with Crippen LogP contribution in [0, 0.1) is 0 Å². The lowest BCUT2D eigenvalue weighted by Crippen LogP contribution is -2.10. The number of aromatic nitrogens is 2. The van der Waals surface area contributed by atoms with Crippen LogP contribution in [0.25, 0.3) is 0 Å². The van der Waals surface area contributed by atoms with Gasteiger partial charge in [0.1, 0.15) is 15.7 Å². The Morgan fingerprint density at radius 3 is 2.75 bits per heavy atom. The third kappa shape index (κ3) is 3.34. The van der Waals surface area contributed by atoms with Crippen LogP contribution in [0.3, 0.4) is 0 Å². The number of nitrogens with one attached hydrogen (secondary N) is 1. The molecule has 0 atom stereocenters. The normalized spacial score (nSPS) is 11.6. The maximum Gasteiger partial charge on any atom is 0.168 e. The van der Waals surface area contributed by atoms with E-state index in [1.54, 1.807) is 6.92 Å². The summed E-state index contributed by atoms with van der Waals surface area (Å²) < 4.78 is 22.4. The molecule has 1 aromatic rings. The number of anilines is 1. The summed E-state index contributed by atoms with van der Waals surface area (Å²) in [6.07, 6.45) is 1.84. The number of rotatable bonds is 6. The topological polar surface area (TPSA) is 106 Å². The van der Waals surface area contributed by atoms with Crippen molar-refractivity contribution in [3.8, 4) is 0 Å². The Hall–Kier alpha value is -1.37. The highest BCUT2D eigenvalue weighted by molar-refractivity contribution is 7.91. The molecule has 0 aromatic carbocycles. The molecule has 0 radical (unpaired) electrons. The Morgan fingerprint density at radius 2 is 2.25 bits per heavy atom. The molecule has 1 rings (SSSR count). The number of hydrogen-bond acceptors (Lipinski definition) is 5. The molecule has 0 unspecified atom stereocenters. The first kappa shape index (κ1) is 12.7. The van der Waals surface area contributed by atoms with Crippen molar-refractivity contribution in [1.82, 2.24) is 10.2 Å². The van der Waals surface area contributed by atoms with Crippen molar-refractivity contribution in [1.29, 1.82) is 0 Å².